The fraction of sp³-hybridized carbons (Fsp3) is 0.312. The molecule has 0 aliphatic carbocycles. The zero-order valence-electron chi connectivity index (χ0n) is 13.3. The molecule has 0 radical (unpaired) electrons. The second-order valence-electron chi connectivity index (χ2n) is 5.81. The van der Waals surface area contributed by atoms with Gasteiger partial charge >= 0.3 is 0 Å². The molecule has 8 heteroatoms. The van der Waals surface area contributed by atoms with Gasteiger partial charge in [-0.05, 0) is 48.4 Å². The largest absolute Gasteiger partial charge is 0.315 e. The van der Waals surface area contributed by atoms with E-state index >= 15 is 0 Å². The molecule has 0 fully saturated rings. The van der Waals surface area contributed by atoms with Gasteiger partial charge in [0, 0.05) is 18.5 Å². The van der Waals surface area contributed by atoms with Crippen LogP contribution < -0.4 is 5.32 Å². The first-order valence-electron chi connectivity index (χ1n) is 7.93. The lowest BCUT2D eigenvalue weighted by atomic mass is 10.1. The highest BCUT2D eigenvalue weighted by Gasteiger charge is 2.16. The monoisotopic (exact) mass is 323 g/mol. The third-order valence-electron chi connectivity index (χ3n) is 4.19. The molecule has 0 saturated carbocycles. The van der Waals surface area contributed by atoms with E-state index in [2.05, 4.69) is 30.4 Å². The maximum atomic E-state index is 12.6. The fourth-order valence-electron chi connectivity index (χ4n) is 2.95. The Labute approximate surface area is 138 Å². The van der Waals surface area contributed by atoms with E-state index in [9.17, 15) is 4.79 Å². The van der Waals surface area contributed by atoms with Crippen molar-refractivity contribution in [2.45, 2.75) is 32.7 Å². The number of nitrogens with zero attached hydrogens (tertiary/aromatic N) is 6. The summed E-state index contributed by atoms with van der Waals surface area (Å²) in [5.74, 6) is 2.28. The van der Waals surface area contributed by atoms with E-state index in [0.717, 1.165) is 43.1 Å². The smallest absolute Gasteiger partial charge is 0.256 e. The van der Waals surface area contributed by atoms with Crippen molar-refractivity contribution in [2.24, 2.45) is 0 Å². The summed E-state index contributed by atoms with van der Waals surface area (Å²) in [6.07, 6.45) is 4.95. The summed E-state index contributed by atoms with van der Waals surface area (Å²) >= 11 is 0. The molecule has 1 aliphatic rings. The van der Waals surface area contributed by atoms with Crippen molar-refractivity contribution >= 4 is 11.7 Å². The number of imidazole rings is 1. The van der Waals surface area contributed by atoms with Gasteiger partial charge in [0.1, 0.15) is 11.6 Å². The van der Waals surface area contributed by atoms with Gasteiger partial charge in [-0.1, -0.05) is 6.07 Å². The van der Waals surface area contributed by atoms with E-state index < -0.39 is 0 Å². The van der Waals surface area contributed by atoms with Crippen LogP contribution in [0.4, 0.5) is 5.82 Å². The summed E-state index contributed by atoms with van der Waals surface area (Å²) in [6, 6.07) is 7.22. The first kappa shape index (κ1) is 14.6. The average Bonchev–Trinajstić information content (AvgIpc) is 3.22. The van der Waals surface area contributed by atoms with E-state index in [1.54, 1.807) is 23.0 Å². The Balaban J connectivity index is 1.59. The zero-order valence-corrected chi connectivity index (χ0v) is 13.3. The van der Waals surface area contributed by atoms with Gasteiger partial charge in [0.2, 0.25) is 0 Å². The molecule has 0 spiro atoms. The molecule has 1 aliphatic heterocycles. The van der Waals surface area contributed by atoms with Crippen LogP contribution in [0.2, 0.25) is 0 Å². The molecule has 24 heavy (non-hydrogen) atoms. The second kappa shape index (κ2) is 5.88. The number of carbonyl (C=O) groups is 1. The first-order valence-corrected chi connectivity index (χ1v) is 7.93. The average molecular weight is 323 g/mol. The lowest BCUT2D eigenvalue weighted by molar-refractivity contribution is 0.102. The first-order chi connectivity index (χ1) is 11.7. The molecule has 0 unspecified atom stereocenters. The lowest BCUT2D eigenvalue weighted by Crippen LogP contribution is -2.18. The highest BCUT2D eigenvalue weighted by molar-refractivity contribution is 6.04. The number of hydrogen-bond acceptors (Lipinski definition) is 5. The molecule has 4 rings (SSSR count). The Morgan fingerprint density at radius 1 is 1.29 bits per heavy atom. The number of aromatic nitrogens is 6. The number of aryl methyl sites for hydroxylation is 2. The molecule has 1 amide bonds. The van der Waals surface area contributed by atoms with Crippen LogP contribution in [0, 0.1) is 6.92 Å². The fourth-order valence-corrected chi connectivity index (χ4v) is 2.95. The summed E-state index contributed by atoms with van der Waals surface area (Å²) in [5, 5.41) is 14.4. The van der Waals surface area contributed by atoms with Gasteiger partial charge in [-0.2, -0.15) is 4.68 Å². The van der Waals surface area contributed by atoms with Crippen LogP contribution >= 0.6 is 0 Å². The van der Waals surface area contributed by atoms with Crippen LogP contribution in [0.5, 0.6) is 0 Å². The summed E-state index contributed by atoms with van der Waals surface area (Å²) < 4.78 is 3.67. The van der Waals surface area contributed by atoms with E-state index in [1.807, 2.05) is 19.1 Å². The summed E-state index contributed by atoms with van der Waals surface area (Å²) in [7, 11) is 0. The van der Waals surface area contributed by atoms with Crippen molar-refractivity contribution in [1.29, 1.82) is 0 Å². The minimum Gasteiger partial charge on any atom is -0.315 e. The van der Waals surface area contributed by atoms with Crippen LogP contribution in [-0.2, 0) is 13.0 Å². The highest BCUT2D eigenvalue weighted by Crippen LogP contribution is 2.20. The standard InChI is InChI=1S/C16H17N7O/c1-11-19-20-21-23(11)13-6-4-5-12(9-13)16(24)18-15-10-17-14-7-2-3-8-22(14)15/h4-6,9-10H,2-3,7-8H2,1H3,(H,18,24). The summed E-state index contributed by atoms with van der Waals surface area (Å²) in [6.45, 7) is 2.71. The quantitative estimate of drug-likeness (QED) is 0.793. The molecule has 1 aromatic carbocycles. The predicted molar refractivity (Wildman–Crippen MR) is 87.0 cm³/mol. The number of nitrogens with one attached hydrogen (secondary N) is 1. The molecular formula is C16H17N7O. The zero-order chi connectivity index (χ0) is 16.5. The van der Waals surface area contributed by atoms with E-state index in [-0.39, 0.29) is 5.91 Å². The molecule has 0 saturated heterocycles. The van der Waals surface area contributed by atoms with Crippen LogP contribution in [0.3, 0.4) is 0 Å². The van der Waals surface area contributed by atoms with Gasteiger partial charge in [-0.15, -0.1) is 5.10 Å². The highest BCUT2D eigenvalue weighted by atomic mass is 16.1. The minimum atomic E-state index is -0.171. The van der Waals surface area contributed by atoms with Crippen molar-refractivity contribution in [2.75, 3.05) is 5.32 Å². The van der Waals surface area contributed by atoms with Crippen LogP contribution in [-0.4, -0.2) is 35.7 Å². The number of fused-ring (bicyclic) bond motifs is 1. The number of rotatable bonds is 3. The van der Waals surface area contributed by atoms with Crippen molar-refractivity contribution in [1.82, 2.24) is 29.8 Å². The summed E-state index contributed by atoms with van der Waals surface area (Å²) in [4.78, 5) is 17.0. The van der Waals surface area contributed by atoms with E-state index in [1.165, 1.54) is 0 Å². The normalized spacial score (nSPS) is 13.5. The van der Waals surface area contributed by atoms with Crippen LogP contribution in [0.1, 0.15) is 34.8 Å². The topological polar surface area (TPSA) is 90.5 Å². The molecular weight excluding hydrogens is 306 g/mol. The molecule has 8 nitrogen and oxygen atoms in total. The lowest BCUT2D eigenvalue weighted by Gasteiger charge is -2.16. The predicted octanol–water partition coefficient (Wildman–Crippen LogP) is 1.76. The van der Waals surface area contributed by atoms with Gasteiger partial charge in [0.05, 0.1) is 11.9 Å². The van der Waals surface area contributed by atoms with Crippen molar-refractivity contribution < 1.29 is 4.79 Å². The molecule has 0 atom stereocenters. The Hall–Kier alpha value is -3.03. The van der Waals surface area contributed by atoms with Gasteiger partial charge in [-0.3, -0.25) is 4.79 Å². The maximum absolute atomic E-state index is 12.6. The minimum absolute atomic E-state index is 0.171. The molecule has 3 aromatic rings. The number of amides is 1. The van der Waals surface area contributed by atoms with Gasteiger partial charge in [-0.25, -0.2) is 4.98 Å². The number of tetrazole rings is 1. The molecule has 0 bridgehead atoms. The Kier molecular flexibility index (Phi) is 3.56. The van der Waals surface area contributed by atoms with Crippen molar-refractivity contribution in [3.8, 4) is 5.69 Å². The maximum Gasteiger partial charge on any atom is 0.256 e. The Morgan fingerprint density at radius 2 is 2.21 bits per heavy atom. The Morgan fingerprint density at radius 3 is 3.04 bits per heavy atom. The van der Waals surface area contributed by atoms with Gasteiger partial charge < -0.3 is 9.88 Å². The summed E-state index contributed by atoms with van der Waals surface area (Å²) in [5.41, 5.74) is 1.30. The third kappa shape index (κ3) is 2.55. The van der Waals surface area contributed by atoms with Crippen LogP contribution in [0.15, 0.2) is 30.5 Å². The van der Waals surface area contributed by atoms with Crippen LogP contribution in [0.25, 0.3) is 5.69 Å². The number of benzene rings is 1. The van der Waals surface area contributed by atoms with E-state index in [0.29, 0.717) is 11.4 Å². The SMILES string of the molecule is Cc1nnnn1-c1cccc(C(=O)Nc2cnc3n2CCCC3)c1. The second-order valence-corrected chi connectivity index (χ2v) is 5.81. The molecule has 3 heterocycles. The molecule has 122 valence electrons. The van der Waals surface area contributed by atoms with Gasteiger partial charge in [0.25, 0.3) is 5.91 Å². The Bertz CT molecular complexity index is 895. The number of carbonyl (C=O) groups excluding carboxylic acids is 1. The number of anilines is 1. The van der Waals surface area contributed by atoms with Crippen molar-refractivity contribution in [3.63, 3.8) is 0 Å². The van der Waals surface area contributed by atoms with Crippen molar-refractivity contribution in [3.05, 3.63) is 47.7 Å². The van der Waals surface area contributed by atoms with E-state index in [4.69, 9.17) is 0 Å². The third-order valence-corrected chi connectivity index (χ3v) is 4.19. The molecule has 1 N–H and O–H groups in total. The van der Waals surface area contributed by atoms with Gasteiger partial charge in [0.15, 0.2) is 5.82 Å². The number of hydrogen-bond donors (Lipinski definition) is 1. The molecule has 2 aromatic heterocycles.